The molecule has 138 valence electrons. The average Bonchev–Trinajstić information content (AvgIpc) is 2.57. The summed E-state index contributed by atoms with van der Waals surface area (Å²) < 4.78 is 0. The molecule has 1 aliphatic carbocycles. The van der Waals surface area contributed by atoms with E-state index in [0.29, 0.717) is 16.7 Å². The van der Waals surface area contributed by atoms with Gasteiger partial charge in [-0.25, -0.2) is 0 Å². The lowest BCUT2D eigenvalue weighted by atomic mass is 9.44. The second-order valence-corrected chi connectivity index (χ2v) is 10.9. The maximum absolute atomic E-state index is 10.5. The molecule has 0 aromatic heterocycles. The second kappa shape index (κ2) is 5.75. The highest BCUT2D eigenvalue weighted by Gasteiger charge is 2.63. The number of hydrogen-bond donors (Lipinski definition) is 1. The smallest absolute Gasteiger partial charge is 0.0568 e. The molecular formula is C22H44O. The van der Waals surface area contributed by atoms with Crippen LogP contribution < -0.4 is 0 Å². The van der Waals surface area contributed by atoms with Crippen LogP contribution in [0.5, 0.6) is 0 Å². The molecule has 0 aromatic rings. The van der Waals surface area contributed by atoms with Gasteiger partial charge in [0.15, 0.2) is 0 Å². The van der Waals surface area contributed by atoms with Crippen LogP contribution in [0.25, 0.3) is 0 Å². The average molecular weight is 325 g/mol. The van der Waals surface area contributed by atoms with E-state index < -0.39 is 0 Å². The molecule has 1 fully saturated rings. The Kier molecular flexibility index (Phi) is 5.25. The van der Waals surface area contributed by atoms with Gasteiger partial charge in [0.25, 0.3) is 0 Å². The van der Waals surface area contributed by atoms with Gasteiger partial charge in [-0.3, -0.25) is 0 Å². The molecule has 0 spiro atoms. The SMILES string of the molecule is CCC(C)(C(C)(C)C(C)O)C(C)(C)C1CC(C)C(C)(C)C1(C)C. The largest absolute Gasteiger partial charge is 0.393 e. The van der Waals surface area contributed by atoms with Crippen molar-refractivity contribution in [2.45, 2.75) is 102 Å². The number of hydrogen-bond acceptors (Lipinski definition) is 1. The van der Waals surface area contributed by atoms with Gasteiger partial charge in [-0.1, -0.05) is 76.2 Å². The molecule has 1 rings (SSSR count). The molecule has 1 nitrogen and oxygen atoms in total. The van der Waals surface area contributed by atoms with Crippen molar-refractivity contribution in [3.63, 3.8) is 0 Å². The summed E-state index contributed by atoms with van der Waals surface area (Å²) in [7, 11) is 0. The van der Waals surface area contributed by atoms with E-state index in [9.17, 15) is 5.11 Å². The van der Waals surface area contributed by atoms with E-state index in [1.54, 1.807) is 0 Å². The van der Waals surface area contributed by atoms with Gasteiger partial charge < -0.3 is 5.11 Å². The Morgan fingerprint density at radius 2 is 1.43 bits per heavy atom. The van der Waals surface area contributed by atoms with Crippen molar-refractivity contribution in [2.24, 2.45) is 38.9 Å². The van der Waals surface area contributed by atoms with Gasteiger partial charge in [0.05, 0.1) is 6.10 Å². The van der Waals surface area contributed by atoms with E-state index in [1.807, 2.05) is 6.92 Å². The minimum Gasteiger partial charge on any atom is -0.393 e. The maximum Gasteiger partial charge on any atom is 0.0568 e. The van der Waals surface area contributed by atoms with Crippen molar-refractivity contribution in [3.8, 4) is 0 Å². The van der Waals surface area contributed by atoms with Crippen LogP contribution in [0.4, 0.5) is 0 Å². The summed E-state index contributed by atoms with van der Waals surface area (Å²) in [5, 5.41) is 10.5. The van der Waals surface area contributed by atoms with Crippen LogP contribution in [0.15, 0.2) is 0 Å². The molecule has 0 saturated heterocycles. The molecule has 1 saturated carbocycles. The zero-order chi connectivity index (χ0) is 18.6. The molecule has 0 aromatic carbocycles. The van der Waals surface area contributed by atoms with E-state index in [-0.39, 0.29) is 22.3 Å². The molecule has 1 heteroatoms. The Morgan fingerprint density at radius 1 is 1.00 bits per heavy atom. The molecule has 1 aliphatic rings. The summed E-state index contributed by atoms with van der Waals surface area (Å²) in [6.45, 7) is 28.5. The Balaban J connectivity index is 3.45. The Bertz CT molecular complexity index is 427. The molecule has 4 unspecified atom stereocenters. The molecule has 0 amide bonds. The standard InChI is InChI=1S/C22H44O/c1-13-22(12,19(6,7)16(3)23)21(10,11)17-14-15(2)18(4,5)20(17,8)9/h15-17,23H,13-14H2,1-12H3. The minimum atomic E-state index is -0.304. The lowest BCUT2D eigenvalue weighted by Crippen LogP contribution is -2.56. The van der Waals surface area contributed by atoms with E-state index in [2.05, 4.69) is 76.2 Å². The zero-order valence-corrected chi connectivity index (χ0v) is 18.1. The molecule has 0 bridgehead atoms. The van der Waals surface area contributed by atoms with Crippen molar-refractivity contribution < 1.29 is 5.11 Å². The third-order valence-electron chi connectivity index (χ3n) is 9.82. The van der Waals surface area contributed by atoms with Crippen LogP contribution in [0, 0.1) is 38.9 Å². The molecule has 23 heavy (non-hydrogen) atoms. The maximum atomic E-state index is 10.5. The summed E-state index contributed by atoms with van der Waals surface area (Å²) in [4.78, 5) is 0. The minimum absolute atomic E-state index is 0.0796. The van der Waals surface area contributed by atoms with Crippen molar-refractivity contribution in [1.82, 2.24) is 0 Å². The van der Waals surface area contributed by atoms with E-state index in [0.717, 1.165) is 12.3 Å². The quantitative estimate of drug-likeness (QED) is 0.608. The van der Waals surface area contributed by atoms with Gasteiger partial charge in [-0.15, -0.1) is 0 Å². The summed E-state index contributed by atoms with van der Waals surface area (Å²) in [5.74, 6) is 1.39. The van der Waals surface area contributed by atoms with Gasteiger partial charge in [0, 0.05) is 0 Å². The fourth-order valence-electron chi connectivity index (χ4n) is 5.81. The summed E-state index contributed by atoms with van der Waals surface area (Å²) >= 11 is 0. The molecular weight excluding hydrogens is 280 g/mol. The van der Waals surface area contributed by atoms with Crippen molar-refractivity contribution in [2.75, 3.05) is 0 Å². The number of rotatable bonds is 5. The highest BCUT2D eigenvalue weighted by atomic mass is 16.3. The van der Waals surface area contributed by atoms with Crippen molar-refractivity contribution in [1.29, 1.82) is 0 Å². The Hall–Kier alpha value is -0.0400. The fraction of sp³-hybridized carbons (Fsp3) is 1.00. The van der Waals surface area contributed by atoms with Gasteiger partial charge in [-0.05, 0) is 58.7 Å². The molecule has 0 heterocycles. The highest BCUT2D eigenvalue weighted by Crippen LogP contribution is 2.69. The first-order chi connectivity index (χ1) is 10.0. The van der Waals surface area contributed by atoms with E-state index >= 15 is 0 Å². The van der Waals surface area contributed by atoms with E-state index in [1.165, 1.54) is 6.42 Å². The zero-order valence-electron chi connectivity index (χ0n) is 18.1. The normalized spacial score (nSPS) is 31.7. The van der Waals surface area contributed by atoms with Gasteiger partial charge in [0.1, 0.15) is 0 Å². The molecule has 4 atom stereocenters. The van der Waals surface area contributed by atoms with Gasteiger partial charge in [-0.2, -0.15) is 0 Å². The topological polar surface area (TPSA) is 20.2 Å². The monoisotopic (exact) mass is 324 g/mol. The molecule has 0 radical (unpaired) electrons. The second-order valence-electron chi connectivity index (χ2n) is 10.9. The van der Waals surface area contributed by atoms with Crippen LogP contribution in [0.3, 0.4) is 0 Å². The molecule has 0 aliphatic heterocycles. The van der Waals surface area contributed by atoms with Crippen LogP contribution in [-0.4, -0.2) is 11.2 Å². The predicted molar refractivity (Wildman–Crippen MR) is 102 cm³/mol. The lowest BCUT2D eigenvalue weighted by molar-refractivity contribution is -0.146. The number of aliphatic hydroxyl groups excluding tert-OH is 1. The summed E-state index contributed by atoms with van der Waals surface area (Å²) in [5.41, 5.74) is 0.765. The van der Waals surface area contributed by atoms with Gasteiger partial charge >= 0.3 is 0 Å². The van der Waals surface area contributed by atoms with Crippen LogP contribution in [0.1, 0.15) is 95.9 Å². The molecule has 1 N–H and O–H groups in total. The number of aliphatic hydroxyl groups is 1. The van der Waals surface area contributed by atoms with Crippen LogP contribution in [-0.2, 0) is 0 Å². The first kappa shape index (κ1) is 21.0. The van der Waals surface area contributed by atoms with Crippen LogP contribution in [0.2, 0.25) is 0 Å². The Morgan fingerprint density at radius 3 is 1.70 bits per heavy atom. The van der Waals surface area contributed by atoms with Gasteiger partial charge in [0.2, 0.25) is 0 Å². The Labute approximate surface area is 146 Å². The third-order valence-corrected chi connectivity index (χ3v) is 9.82. The van der Waals surface area contributed by atoms with Crippen molar-refractivity contribution >= 4 is 0 Å². The van der Waals surface area contributed by atoms with Crippen molar-refractivity contribution in [3.05, 3.63) is 0 Å². The highest BCUT2D eigenvalue weighted by molar-refractivity contribution is 5.11. The van der Waals surface area contributed by atoms with E-state index in [4.69, 9.17) is 0 Å². The lowest BCUT2D eigenvalue weighted by Gasteiger charge is -2.60. The predicted octanol–water partition coefficient (Wildman–Crippen LogP) is 6.54. The first-order valence-electron chi connectivity index (χ1n) is 9.69. The summed E-state index contributed by atoms with van der Waals surface area (Å²) in [6.07, 6.45) is 2.08. The first-order valence-corrected chi connectivity index (χ1v) is 9.69. The van der Waals surface area contributed by atoms with Crippen LogP contribution >= 0.6 is 0 Å². The fourth-order valence-corrected chi connectivity index (χ4v) is 5.81. The summed E-state index contributed by atoms with van der Waals surface area (Å²) in [6, 6.07) is 0. The third kappa shape index (κ3) is 2.60.